The maximum Gasteiger partial charge on any atom is 0.176 e. The third kappa shape index (κ3) is 3.44. The van der Waals surface area contributed by atoms with Crippen LogP contribution in [0, 0.1) is 5.92 Å². The maximum atomic E-state index is 12.5. The van der Waals surface area contributed by atoms with Gasteiger partial charge in [-0.05, 0) is 49.1 Å². The minimum absolute atomic E-state index is 0.0418. The van der Waals surface area contributed by atoms with Crippen LogP contribution in [-0.4, -0.2) is 30.8 Å². The second-order valence-electron chi connectivity index (χ2n) is 7.45. The van der Waals surface area contributed by atoms with E-state index in [1.165, 1.54) is 5.56 Å². The van der Waals surface area contributed by atoms with Gasteiger partial charge in [-0.15, -0.1) is 0 Å². The quantitative estimate of drug-likeness (QED) is 0.768. The number of carbonyl (C=O) groups is 1. The van der Waals surface area contributed by atoms with Crippen molar-refractivity contribution in [3.63, 3.8) is 0 Å². The van der Waals surface area contributed by atoms with Crippen LogP contribution in [0.15, 0.2) is 29.8 Å². The molecule has 1 fully saturated rings. The Morgan fingerprint density at radius 1 is 1.14 bits per heavy atom. The van der Waals surface area contributed by atoms with Crippen LogP contribution in [0.25, 0.3) is 6.08 Å². The van der Waals surface area contributed by atoms with Gasteiger partial charge in [-0.1, -0.05) is 52.0 Å². The van der Waals surface area contributed by atoms with E-state index < -0.39 is 0 Å². The van der Waals surface area contributed by atoms with Crippen molar-refractivity contribution in [1.29, 1.82) is 0 Å². The molecule has 2 heteroatoms. The Bertz CT molecular complexity index is 546. The summed E-state index contributed by atoms with van der Waals surface area (Å²) in [4.78, 5) is 14.5. The van der Waals surface area contributed by atoms with Crippen molar-refractivity contribution in [2.45, 2.75) is 45.6 Å². The molecule has 2 unspecified atom stereocenters. The molecule has 1 aliphatic carbocycles. The Hall–Kier alpha value is -1.41. The van der Waals surface area contributed by atoms with Gasteiger partial charge >= 0.3 is 0 Å². The number of Topliss-reactive ketones (excluding diaryl/α,β-unsaturated/α-hetero) is 1. The van der Waals surface area contributed by atoms with E-state index in [1.54, 1.807) is 0 Å². The summed E-state index contributed by atoms with van der Waals surface area (Å²) in [5.41, 5.74) is 3.58. The topological polar surface area (TPSA) is 20.3 Å². The molecule has 1 saturated carbocycles. The summed E-state index contributed by atoms with van der Waals surface area (Å²) >= 11 is 0. The molecule has 0 spiro atoms. The minimum Gasteiger partial charge on any atom is -0.299 e. The van der Waals surface area contributed by atoms with Crippen LogP contribution in [0.3, 0.4) is 0 Å². The smallest absolute Gasteiger partial charge is 0.176 e. The molecule has 0 aliphatic heterocycles. The van der Waals surface area contributed by atoms with Gasteiger partial charge in [-0.2, -0.15) is 0 Å². The Kier molecular flexibility index (Phi) is 4.38. The number of likely N-dealkylation sites (N-methyl/N-ethyl adjacent to an activating group) is 1. The van der Waals surface area contributed by atoms with E-state index in [-0.39, 0.29) is 17.2 Å². The Morgan fingerprint density at radius 3 is 2.14 bits per heavy atom. The molecule has 0 heterocycles. The lowest BCUT2D eigenvalue weighted by molar-refractivity contribution is -0.118. The molecule has 21 heavy (non-hydrogen) atoms. The van der Waals surface area contributed by atoms with Crippen molar-refractivity contribution in [2.24, 2.45) is 5.92 Å². The Balaban J connectivity index is 2.26. The van der Waals surface area contributed by atoms with Gasteiger partial charge in [0.25, 0.3) is 0 Å². The largest absolute Gasteiger partial charge is 0.299 e. The second kappa shape index (κ2) is 5.76. The summed E-state index contributed by atoms with van der Waals surface area (Å²) < 4.78 is 0. The molecular weight excluding hydrogens is 258 g/mol. The molecule has 0 aromatic heterocycles. The van der Waals surface area contributed by atoms with Gasteiger partial charge in [-0.3, -0.25) is 9.69 Å². The highest BCUT2D eigenvalue weighted by atomic mass is 16.1. The monoisotopic (exact) mass is 285 g/mol. The number of ketones is 1. The normalized spacial score (nSPS) is 25.1. The highest BCUT2D eigenvalue weighted by molar-refractivity contribution is 6.05. The fourth-order valence-electron chi connectivity index (χ4n) is 2.92. The zero-order valence-electron chi connectivity index (χ0n) is 14.1. The van der Waals surface area contributed by atoms with Crippen molar-refractivity contribution in [3.8, 4) is 0 Å². The number of rotatable bonds is 2. The summed E-state index contributed by atoms with van der Waals surface area (Å²) in [6, 6.07) is 8.62. The molecular formula is C19H27NO. The Labute approximate surface area is 128 Å². The average molecular weight is 285 g/mol. The molecule has 2 rings (SSSR count). The van der Waals surface area contributed by atoms with Crippen molar-refractivity contribution in [3.05, 3.63) is 41.0 Å². The predicted molar refractivity (Wildman–Crippen MR) is 89.4 cm³/mol. The lowest BCUT2D eigenvalue weighted by atomic mass is 9.86. The number of hydrogen-bond acceptors (Lipinski definition) is 2. The van der Waals surface area contributed by atoms with Crippen LogP contribution < -0.4 is 0 Å². The molecule has 0 N–H and O–H groups in total. The summed E-state index contributed by atoms with van der Waals surface area (Å²) in [6.07, 6.45) is 3.00. The SMILES string of the molecule is CC1CC(N(C)C)C(=O)C1=Cc1ccc(C(C)(C)C)cc1. The van der Waals surface area contributed by atoms with Crippen LogP contribution in [0.1, 0.15) is 45.2 Å². The van der Waals surface area contributed by atoms with E-state index in [0.29, 0.717) is 5.92 Å². The standard InChI is InChI=1S/C19H27NO/c1-13-11-17(20(5)6)18(21)16(13)12-14-7-9-15(10-8-14)19(2,3)4/h7-10,12-13,17H,11H2,1-6H3. The molecule has 0 bridgehead atoms. The molecule has 2 nitrogen and oxygen atoms in total. The van der Waals surface area contributed by atoms with Gasteiger partial charge in [0, 0.05) is 5.57 Å². The molecule has 1 aromatic rings. The van der Waals surface area contributed by atoms with E-state index in [1.807, 2.05) is 19.0 Å². The van der Waals surface area contributed by atoms with Crippen molar-refractivity contribution >= 4 is 11.9 Å². The lowest BCUT2D eigenvalue weighted by Crippen LogP contribution is -2.31. The van der Waals surface area contributed by atoms with Gasteiger partial charge < -0.3 is 0 Å². The number of hydrogen-bond donors (Lipinski definition) is 0. The molecule has 0 amide bonds. The third-order valence-corrected chi connectivity index (χ3v) is 4.42. The van der Waals surface area contributed by atoms with Gasteiger partial charge in [0.05, 0.1) is 6.04 Å². The Morgan fingerprint density at radius 2 is 1.71 bits per heavy atom. The second-order valence-corrected chi connectivity index (χ2v) is 7.45. The first-order valence-electron chi connectivity index (χ1n) is 7.73. The molecule has 1 aromatic carbocycles. The van der Waals surface area contributed by atoms with Crippen LogP contribution in [-0.2, 0) is 10.2 Å². The molecule has 2 atom stereocenters. The minimum atomic E-state index is 0.0418. The lowest BCUT2D eigenvalue weighted by Gasteiger charge is -2.19. The molecule has 0 saturated heterocycles. The van der Waals surface area contributed by atoms with Crippen LogP contribution in [0.5, 0.6) is 0 Å². The number of nitrogens with zero attached hydrogens (tertiary/aromatic N) is 1. The molecule has 114 valence electrons. The van der Waals surface area contributed by atoms with Crippen molar-refractivity contribution in [2.75, 3.05) is 14.1 Å². The van der Waals surface area contributed by atoms with Crippen molar-refractivity contribution < 1.29 is 4.79 Å². The van der Waals surface area contributed by atoms with Gasteiger partial charge in [0.2, 0.25) is 0 Å². The van der Waals surface area contributed by atoms with E-state index >= 15 is 0 Å². The van der Waals surface area contributed by atoms with E-state index in [2.05, 4.69) is 58.0 Å². The van der Waals surface area contributed by atoms with Gasteiger partial charge in [0.1, 0.15) is 0 Å². The summed E-state index contributed by atoms with van der Waals surface area (Å²) in [7, 11) is 3.96. The maximum absolute atomic E-state index is 12.5. The van der Waals surface area contributed by atoms with Gasteiger partial charge in [-0.25, -0.2) is 0 Å². The fourth-order valence-corrected chi connectivity index (χ4v) is 2.92. The van der Waals surface area contributed by atoms with Crippen molar-refractivity contribution in [1.82, 2.24) is 4.90 Å². The number of benzene rings is 1. The zero-order chi connectivity index (χ0) is 15.8. The first-order chi connectivity index (χ1) is 9.70. The third-order valence-electron chi connectivity index (χ3n) is 4.42. The van der Waals surface area contributed by atoms with Crippen LogP contribution in [0.4, 0.5) is 0 Å². The summed E-state index contributed by atoms with van der Waals surface area (Å²) in [5, 5.41) is 0. The predicted octanol–water partition coefficient (Wildman–Crippen LogP) is 3.91. The highest BCUT2D eigenvalue weighted by Gasteiger charge is 2.35. The zero-order valence-corrected chi connectivity index (χ0v) is 14.1. The van der Waals surface area contributed by atoms with Crippen LogP contribution in [0.2, 0.25) is 0 Å². The first-order valence-corrected chi connectivity index (χ1v) is 7.73. The van der Waals surface area contributed by atoms with Crippen LogP contribution >= 0.6 is 0 Å². The number of carbonyl (C=O) groups excluding carboxylic acids is 1. The average Bonchev–Trinajstić information content (AvgIpc) is 2.66. The highest BCUT2D eigenvalue weighted by Crippen LogP contribution is 2.32. The molecule has 1 aliphatic rings. The van der Waals surface area contributed by atoms with E-state index in [9.17, 15) is 4.79 Å². The first kappa shape index (κ1) is 16.0. The van der Waals surface area contributed by atoms with Gasteiger partial charge in [0.15, 0.2) is 5.78 Å². The van der Waals surface area contributed by atoms with E-state index in [0.717, 1.165) is 17.6 Å². The summed E-state index contributed by atoms with van der Waals surface area (Å²) in [5.74, 6) is 0.625. The summed E-state index contributed by atoms with van der Waals surface area (Å²) in [6.45, 7) is 8.79. The fraction of sp³-hybridized carbons (Fsp3) is 0.526. The van der Waals surface area contributed by atoms with E-state index in [4.69, 9.17) is 0 Å². The molecule has 0 radical (unpaired) electrons.